The van der Waals surface area contributed by atoms with E-state index in [2.05, 4.69) is 21.2 Å². The Morgan fingerprint density at radius 1 is 1.11 bits per heavy atom. The Morgan fingerprint density at radius 3 is 2.74 bits per heavy atom. The molecule has 0 fully saturated rings. The van der Waals surface area contributed by atoms with Crippen molar-refractivity contribution >= 4 is 21.6 Å². The van der Waals surface area contributed by atoms with Crippen molar-refractivity contribution in [3.63, 3.8) is 0 Å². The SMILES string of the molecule is Fc1ccc(NC2CCc3c(F)cccc32)cc1Br. The maximum absolute atomic E-state index is 13.6. The van der Waals surface area contributed by atoms with Gasteiger partial charge in [0.25, 0.3) is 0 Å². The first-order chi connectivity index (χ1) is 9.15. The number of halogens is 3. The second kappa shape index (κ2) is 4.93. The molecule has 0 heterocycles. The first kappa shape index (κ1) is 12.6. The molecule has 0 radical (unpaired) electrons. The zero-order chi connectivity index (χ0) is 13.4. The molecule has 98 valence electrons. The molecule has 19 heavy (non-hydrogen) atoms. The number of anilines is 1. The van der Waals surface area contributed by atoms with Crippen molar-refractivity contribution in [1.29, 1.82) is 0 Å². The van der Waals surface area contributed by atoms with E-state index in [1.165, 1.54) is 12.1 Å². The molecule has 0 aromatic heterocycles. The number of fused-ring (bicyclic) bond motifs is 1. The fraction of sp³-hybridized carbons (Fsp3) is 0.200. The van der Waals surface area contributed by atoms with Crippen LogP contribution in [0.25, 0.3) is 0 Å². The van der Waals surface area contributed by atoms with Gasteiger partial charge in [-0.3, -0.25) is 0 Å². The Morgan fingerprint density at radius 2 is 1.95 bits per heavy atom. The molecule has 0 amide bonds. The smallest absolute Gasteiger partial charge is 0.137 e. The average Bonchev–Trinajstić information content (AvgIpc) is 2.79. The molecule has 1 nitrogen and oxygen atoms in total. The molecule has 1 N–H and O–H groups in total. The second-order valence-corrected chi connectivity index (χ2v) is 5.53. The van der Waals surface area contributed by atoms with Crippen molar-refractivity contribution in [1.82, 2.24) is 0 Å². The van der Waals surface area contributed by atoms with E-state index in [-0.39, 0.29) is 17.7 Å². The number of nitrogens with one attached hydrogen (secondary N) is 1. The van der Waals surface area contributed by atoms with Gasteiger partial charge in [0.2, 0.25) is 0 Å². The molecule has 1 aliphatic carbocycles. The van der Waals surface area contributed by atoms with E-state index < -0.39 is 0 Å². The quantitative estimate of drug-likeness (QED) is 0.834. The van der Waals surface area contributed by atoms with Gasteiger partial charge in [-0.15, -0.1) is 0 Å². The van der Waals surface area contributed by atoms with Gasteiger partial charge in [0, 0.05) is 5.69 Å². The van der Waals surface area contributed by atoms with E-state index in [1.807, 2.05) is 6.07 Å². The maximum Gasteiger partial charge on any atom is 0.137 e. The highest BCUT2D eigenvalue weighted by molar-refractivity contribution is 9.10. The molecule has 0 bridgehead atoms. The molecular formula is C15H12BrF2N. The molecule has 0 aliphatic heterocycles. The molecule has 0 saturated carbocycles. The summed E-state index contributed by atoms with van der Waals surface area (Å²) in [6, 6.07) is 10.1. The van der Waals surface area contributed by atoms with Crippen LogP contribution in [0.4, 0.5) is 14.5 Å². The lowest BCUT2D eigenvalue weighted by atomic mass is 10.1. The van der Waals surface area contributed by atoms with Gasteiger partial charge in [-0.1, -0.05) is 12.1 Å². The van der Waals surface area contributed by atoms with Crippen molar-refractivity contribution < 1.29 is 8.78 Å². The first-order valence-electron chi connectivity index (χ1n) is 6.14. The van der Waals surface area contributed by atoms with Crippen molar-refractivity contribution in [3.05, 3.63) is 63.6 Å². The van der Waals surface area contributed by atoms with E-state index >= 15 is 0 Å². The van der Waals surface area contributed by atoms with E-state index in [9.17, 15) is 8.78 Å². The van der Waals surface area contributed by atoms with Gasteiger partial charge in [-0.2, -0.15) is 0 Å². The topological polar surface area (TPSA) is 12.0 Å². The summed E-state index contributed by atoms with van der Waals surface area (Å²) in [4.78, 5) is 0. The van der Waals surface area contributed by atoms with Gasteiger partial charge in [0.05, 0.1) is 10.5 Å². The summed E-state index contributed by atoms with van der Waals surface area (Å²) in [7, 11) is 0. The van der Waals surface area contributed by atoms with Gasteiger partial charge in [0.15, 0.2) is 0 Å². The molecule has 1 atom stereocenters. The zero-order valence-electron chi connectivity index (χ0n) is 10.1. The van der Waals surface area contributed by atoms with Crippen LogP contribution in [0.5, 0.6) is 0 Å². The predicted octanol–water partition coefficient (Wildman–Crippen LogP) is 4.83. The van der Waals surface area contributed by atoms with E-state index in [0.717, 1.165) is 29.7 Å². The minimum atomic E-state index is -0.289. The minimum absolute atomic E-state index is 0.0862. The van der Waals surface area contributed by atoms with Crippen LogP contribution in [0.3, 0.4) is 0 Å². The Labute approximate surface area is 118 Å². The number of hydrogen-bond acceptors (Lipinski definition) is 1. The van der Waals surface area contributed by atoms with Crippen molar-refractivity contribution in [2.75, 3.05) is 5.32 Å². The summed E-state index contributed by atoms with van der Waals surface area (Å²) < 4.78 is 27.2. The van der Waals surface area contributed by atoms with Crippen LogP contribution in [0, 0.1) is 11.6 Å². The highest BCUT2D eigenvalue weighted by Gasteiger charge is 2.24. The van der Waals surface area contributed by atoms with Crippen LogP contribution in [-0.4, -0.2) is 0 Å². The van der Waals surface area contributed by atoms with Crippen LogP contribution in [-0.2, 0) is 6.42 Å². The van der Waals surface area contributed by atoms with E-state index in [0.29, 0.717) is 4.47 Å². The Bertz CT molecular complexity index is 628. The molecule has 1 aliphatic rings. The highest BCUT2D eigenvalue weighted by atomic mass is 79.9. The highest BCUT2D eigenvalue weighted by Crippen LogP contribution is 2.35. The first-order valence-corrected chi connectivity index (χ1v) is 6.93. The van der Waals surface area contributed by atoms with Crippen LogP contribution in [0.1, 0.15) is 23.6 Å². The third-order valence-corrected chi connectivity index (χ3v) is 4.08. The van der Waals surface area contributed by atoms with Gasteiger partial charge in [-0.05, 0) is 64.2 Å². The Kier molecular flexibility index (Phi) is 3.27. The Hall–Kier alpha value is -1.42. The molecular weight excluding hydrogens is 312 g/mol. The lowest BCUT2D eigenvalue weighted by Gasteiger charge is -2.16. The van der Waals surface area contributed by atoms with Gasteiger partial charge in [-0.25, -0.2) is 8.78 Å². The molecule has 0 spiro atoms. The van der Waals surface area contributed by atoms with Gasteiger partial charge < -0.3 is 5.32 Å². The minimum Gasteiger partial charge on any atom is -0.378 e. The standard InChI is InChI=1S/C15H12BrF2N/c16-12-8-9(4-6-14(12)18)19-15-7-5-10-11(15)2-1-3-13(10)17/h1-4,6,8,15,19H,5,7H2. The third-order valence-electron chi connectivity index (χ3n) is 3.47. The van der Waals surface area contributed by atoms with Crippen molar-refractivity contribution in [2.24, 2.45) is 0 Å². The van der Waals surface area contributed by atoms with E-state index in [1.54, 1.807) is 18.2 Å². The summed E-state index contributed by atoms with van der Waals surface area (Å²) in [6.07, 6.45) is 1.59. The summed E-state index contributed by atoms with van der Waals surface area (Å²) in [5, 5.41) is 3.33. The predicted molar refractivity (Wildman–Crippen MR) is 75.2 cm³/mol. The molecule has 2 aromatic carbocycles. The lowest BCUT2D eigenvalue weighted by molar-refractivity contribution is 0.612. The summed E-state index contributed by atoms with van der Waals surface area (Å²) in [5.74, 6) is -0.425. The van der Waals surface area contributed by atoms with Crippen LogP contribution in [0.2, 0.25) is 0 Å². The van der Waals surface area contributed by atoms with Gasteiger partial charge in [0.1, 0.15) is 11.6 Å². The normalized spacial score (nSPS) is 17.3. The van der Waals surface area contributed by atoms with E-state index in [4.69, 9.17) is 0 Å². The maximum atomic E-state index is 13.6. The lowest BCUT2D eigenvalue weighted by Crippen LogP contribution is -2.07. The molecule has 4 heteroatoms. The summed E-state index contributed by atoms with van der Waals surface area (Å²) >= 11 is 3.16. The third kappa shape index (κ3) is 2.37. The molecule has 2 aromatic rings. The molecule has 1 unspecified atom stereocenters. The largest absolute Gasteiger partial charge is 0.378 e. The summed E-state index contributed by atoms with van der Waals surface area (Å²) in [5.41, 5.74) is 2.62. The zero-order valence-corrected chi connectivity index (χ0v) is 11.7. The van der Waals surface area contributed by atoms with Crippen molar-refractivity contribution in [3.8, 4) is 0 Å². The number of hydrogen-bond donors (Lipinski definition) is 1. The fourth-order valence-corrected chi connectivity index (χ4v) is 2.93. The molecule has 3 rings (SSSR count). The summed E-state index contributed by atoms with van der Waals surface area (Å²) in [6.45, 7) is 0. The Balaban J connectivity index is 1.86. The van der Waals surface area contributed by atoms with Crippen LogP contribution in [0.15, 0.2) is 40.9 Å². The monoisotopic (exact) mass is 323 g/mol. The fourth-order valence-electron chi connectivity index (χ4n) is 2.55. The second-order valence-electron chi connectivity index (χ2n) is 4.67. The number of rotatable bonds is 2. The van der Waals surface area contributed by atoms with Crippen LogP contribution >= 0.6 is 15.9 Å². The number of benzene rings is 2. The average molecular weight is 324 g/mol. The van der Waals surface area contributed by atoms with Crippen LogP contribution < -0.4 is 5.32 Å². The van der Waals surface area contributed by atoms with Crippen molar-refractivity contribution in [2.45, 2.75) is 18.9 Å². The van der Waals surface area contributed by atoms with Gasteiger partial charge >= 0.3 is 0 Å². The molecule has 0 saturated heterocycles.